The molecule has 0 aliphatic carbocycles. The van der Waals surface area contributed by atoms with E-state index in [9.17, 15) is 0 Å². The van der Waals surface area contributed by atoms with Crippen LogP contribution in [0.25, 0.3) is 10.9 Å². The summed E-state index contributed by atoms with van der Waals surface area (Å²) < 4.78 is 5.58. The molecule has 2 aromatic rings. The molecular formula is C14H15N3O. The summed E-state index contributed by atoms with van der Waals surface area (Å²) in [6.07, 6.45) is 1.85. The number of ether oxygens (including phenoxy) is 1. The molecule has 1 aliphatic rings. The van der Waals surface area contributed by atoms with Crippen molar-refractivity contribution in [3.8, 4) is 5.75 Å². The van der Waals surface area contributed by atoms with Crippen molar-refractivity contribution in [3.63, 3.8) is 0 Å². The maximum Gasteiger partial charge on any atom is 0.124 e. The smallest absolute Gasteiger partial charge is 0.124 e. The fraction of sp³-hybridized carbons (Fsp3) is 0.286. The van der Waals surface area contributed by atoms with Gasteiger partial charge < -0.3 is 4.74 Å². The number of hydrazone groups is 1. The van der Waals surface area contributed by atoms with Gasteiger partial charge in [-0.25, -0.2) is 0 Å². The largest absolute Gasteiger partial charge is 0.493 e. The van der Waals surface area contributed by atoms with Gasteiger partial charge in [-0.05, 0) is 24.1 Å². The van der Waals surface area contributed by atoms with Gasteiger partial charge in [0.25, 0.3) is 0 Å². The third-order valence-electron chi connectivity index (χ3n) is 3.23. The van der Waals surface area contributed by atoms with E-state index in [1.165, 1.54) is 5.56 Å². The topological polar surface area (TPSA) is 46.5 Å². The molecule has 92 valence electrons. The Labute approximate surface area is 106 Å². The van der Waals surface area contributed by atoms with E-state index in [1.807, 2.05) is 12.1 Å². The van der Waals surface area contributed by atoms with E-state index in [2.05, 4.69) is 35.2 Å². The molecule has 0 spiro atoms. The highest BCUT2D eigenvalue weighted by Crippen LogP contribution is 2.33. The maximum absolute atomic E-state index is 5.58. The number of aryl methyl sites for hydroxylation is 1. The Hall–Kier alpha value is -2.10. The van der Waals surface area contributed by atoms with E-state index in [0.29, 0.717) is 0 Å². The number of pyridine rings is 1. The molecule has 0 unspecified atom stereocenters. The number of fused-ring (bicyclic) bond motifs is 2. The summed E-state index contributed by atoms with van der Waals surface area (Å²) in [6.45, 7) is 6.33. The van der Waals surface area contributed by atoms with Crippen LogP contribution in [0.5, 0.6) is 5.75 Å². The van der Waals surface area contributed by atoms with Crippen molar-refractivity contribution in [1.82, 2.24) is 4.98 Å². The summed E-state index contributed by atoms with van der Waals surface area (Å²) in [5.74, 6) is 0.959. The minimum atomic E-state index is 0.759. The van der Waals surface area contributed by atoms with E-state index >= 15 is 0 Å². The molecule has 4 heteroatoms. The minimum Gasteiger partial charge on any atom is -0.493 e. The molecular weight excluding hydrogens is 226 g/mol. The summed E-state index contributed by atoms with van der Waals surface area (Å²) in [7, 11) is 0. The molecule has 0 saturated carbocycles. The van der Waals surface area contributed by atoms with Gasteiger partial charge in [0.2, 0.25) is 0 Å². The third-order valence-corrected chi connectivity index (χ3v) is 3.23. The van der Waals surface area contributed by atoms with Crippen molar-refractivity contribution in [2.24, 2.45) is 5.10 Å². The predicted octanol–water partition coefficient (Wildman–Crippen LogP) is 2.76. The fourth-order valence-corrected chi connectivity index (χ4v) is 2.31. The lowest BCUT2D eigenvalue weighted by Gasteiger charge is -2.09. The molecule has 2 heterocycles. The Kier molecular flexibility index (Phi) is 2.63. The third kappa shape index (κ3) is 1.70. The second-order valence-corrected chi connectivity index (χ2v) is 4.36. The highest BCUT2D eigenvalue weighted by Gasteiger charge is 2.15. The van der Waals surface area contributed by atoms with E-state index in [-0.39, 0.29) is 0 Å². The van der Waals surface area contributed by atoms with Crippen LogP contribution in [0.1, 0.15) is 18.2 Å². The van der Waals surface area contributed by atoms with Crippen LogP contribution < -0.4 is 10.2 Å². The molecule has 0 bridgehead atoms. The Balaban J connectivity index is 2.26. The Bertz CT molecular complexity index is 622. The first-order chi connectivity index (χ1) is 8.81. The summed E-state index contributed by atoms with van der Waals surface area (Å²) in [4.78, 5) is 4.63. The second kappa shape index (κ2) is 4.29. The molecule has 1 N–H and O–H groups in total. The average Bonchev–Trinajstić information content (AvgIpc) is 2.83. The van der Waals surface area contributed by atoms with E-state index < -0.39 is 0 Å². The molecule has 0 amide bonds. The average molecular weight is 241 g/mol. The summed E-state index contributed by atoms with van der Waals surface area (Å²) in [5.41, 5.74) is 7.13. The van der Waals surface area contributed by atoms with Gasteiger partial charge in [-0.1, -0.05) is 6.92 Å². The zero-order chi connectivity index (χ0) is 12.5. The lowest BCUT2D eigenvalue weighted by atomic mass is 10.1. The van der Waals surface area contributed by atoms with Crippen molar-refractivity contribution < 1.29 is 4.74 Å². The first-order valence-electron chi connectivity index (χ1n) is 6.13. The molecule has 1 aromatic heterocycles. The van der Waals surface area contributed by atoms with Crippen LogP contribution in [0.3, 0.4) is 0 Å². The number of nitrogens with zero attached hydrogens (tertiary/aromatic N) is 2. The minimum absolute atomic E-state index is 0.759. The van der Waals surface area contributed by atoms with Gasteiger partial charge in [-0.2, -0.15) is 5.10 Å². The van der Waals surface area contributed by atoms with Crippen molar-refractivity contribution >= 4 is 23.3 Å². The second-order valence-electron chi connectivity index (χ2n) is 4.36. The first kappa shape index (κ1) is 11.0. The molecule has 1 aromatic carbocycles. The van der Waals surface area contributed by atoms with Crippen LogP contribution in [0, 0.1) is 0 Å². The quantitative estimate of drug-likeness (QED) is 0.664. The number of anilines is 1. The van der Waals surface area contributed by atoms with Crippen LogP contribution in [0.4, 0.5) is 5.69 Å². The lowest BCUT2D eigenvalue weighted by Crippen LogP contribution is -1.95. The molecule has 0 radical (unpaired) electrons. The molecule has 0 fully saturated rings. The summed E-state index contributed by atoms with van der Waals surface area (Å²) >= 11 is 0. The van der Waals surface area contributed by atoms with Crippen molar-refractivity contribution in [2.45, 2.75) is 19.8 Å². The zero-order valence-electron chi connectivity index (χ0n) is 10.4. The van der Waals surface area contributed by atoms with Gasteiger partial charge in [0.05, 0.1) is 17.8 Å². The first-order valence-corrected chi connectivity index (χ1v) is 6.13. The van der Waals surface area contributed by atoms with Crippen LogP contribution in [-0.2, 0) is 12.8 Å². The van der Waals surface area contributed by atoms with E-state index in [4.69, 9.17) is 4.74 Å². The monoisotopic (exact) mass is 241 g/mol. The Morgan fingerprint density at radius 2 is 2.33 bits per heavy atom. The van der Waals surface area contributed by atoms with Gasteiger partial charge in [-0.3, -0.25) is 10.4 Å². The number of hydrogen-bond donors (Lipinski definition) is 1. The SMILES string of the molecule is C=NNc1cc(CC)nc2cc3c(cc12)CCO3. The summed E-state index contributed by atoms with van der Waals surface area (Å²) in [5, 5.41) is 4.84. The van der Waals surface area contributed by atoms with Crippen molar-refractivity contribution in [2.75, 3.05) is 12.0 Å². The lowest BCUT2D eigenvalue weighted by molar-refractivity contribution is 0.357. The number of nitrogens with one attached hydrogen (secondary N) is 1. The number of rotatable bonds is 3. The molecule has 4 nitrogen and oxygen atoms in total. The van der Waals surface area contributed by atoms with Crippen LogP contribution in [0.2, 0.25) is 0 Å². The summed E-state index contributed by atoms with van der Waals surface area (Å²) in [6, 6.07) is 6.18. The highest BCUT2D eigenvalue weighted by atomic mass is 16.5. The van der Waals surface area contributed by atoms with E-state index in [0.717, 1.165) is 47.5 Å². The van der Waals surface area contributed by atoms with Gasteiger partial charge in [0.1, 0.15) is 5.75 Å². The number of hydrogen-bond acceptors (Lipinski definition) is 4. The maximum atomic E-state index is 5.58. The van der Waals surface area contributed by atoms with Gasteiger partial charge in [-0.15, -0.1) is 0 Å². The van der Waals surface area contributed by atoms with Gasteiger partial charge >= 0.3 is 0 Å². The molecule has 1 aliphatic heterocycles. The zero-order valence-corrected chi connectivity index (χ0v) is 10.4. The number of benzene rings is 1. The molecule has 0 atom stereocenters. The van der Waals surface area contributed by atoms with Crippen LogP contribution >= 0.6 is 0 Å². The van der Waals surface area contributed by atoms with Crippen LogP contribution in [-0.4, -0.2) is 18.3 Å². The standard InChI is InChI=1S/C14H15N3O/c1-3-10-7-13(17-15-2)11-6-9-4-5-18-14(9)8-12(11)16-10/h6-8H,2-5H2,1H3,(H,16,17). The molecule has 3 rings (SSSR count). The predicted molar refractivity (Wildman–Crippen MR) is 73.5 cm³/mol. The number of aromatic nitrogens is 1. The fourth-order valence-electron chi connectivity index (χ4n) is 2.31. The van der Waals surface area contributed by atoms with Crippen molar-refractivity contribution in [1.29, 1.82) is 0 Å². The van der Waals surface area contributed by atoms with Crippen molar-refractivity contribution in [3.05, 3.63) is 29.5 Å². The Morgan fingerprint density at radius 1 is 1.44 bits per heavy atom. The molecule has 18 heavy (non-hydrogen) atoms. The van der Waals surface area contributed by atoms with Gasteiger partial charge in [0, 0.05) is 30.3 Å². The normalized spacial score (nSPS) is 13.2. The highest BCUT2D eigenvalue weighted by molar-refractivity contribution is 5.93. The van der Waals surface area contributed by atoms with E-state index in [1.54, 1.807) is 0 Å². The Morgan fingerprint density at radius 3 is 3.11 bits per heavy atom. The van der Waals surface area contributed by atoms with Crippen LogP contribution in [0.15, 0.2) is 23.3 Å². The van der Waals surface area contributed by atoms with Gasteiger partial charge in [0.15, 0.2) is 0 Å². The molecule has 0 saturated heterocycles.